The van der Waals surface area contributed by atoms with Crippen molar-refractivity contribution in [2.75, 3.05) is 20.8 Å². The topological polar surface area (TPSA) is 21.7 Å². The first-order chi connectivity index (χ1) is 13.2. The van der Waals surface area contributed by atoms with Gasteiger partial charge in [0.2, 0.25) is 0 Å². The fourth-order valence-electron chi connectivity index (χ4n) is 3.50. The van der Waals surface area contributed by atoms with Crippen molar-refractivity contribution in [1.82, 2.24) is 3.11 Å². The standard InChI is InChI=1S/C23H24INO2/c1-4-25(24)23(18-8-6-5-7-9-18,19-10-14-21(26-2)15-11-19)20-12-16-22(27-3)17-13-20/h5-17H,4H2,1-3H3. The van der Waals surface area contributed by atoms with Crippen LogP contribution in [0.4, 0.5) is 0 Å². The van der Waals surface area contributed by atoms with Crippen LogP contribution in [0.25, 0.3) is 0 Å². The van der Waals surface area contributed by atoms with Crippen molar-refractivity contribution in [2.45, 2.75) is 12.5 Å². The van der Waals surface area contributed by atoms with Gasteiger partial charge in [-0.15, -0.1) is 0 Å². The molecule has 3 aromatic rings. The second kappa shape index (κ2) is 8.76. The van der Waals surface area contributed by atoms with E-state index in [0.717, 1.165) is 18.0 Å². The van der Waals surface area contributed by atoms with E-state index in [1.54, 1.807) is 14.2 Å². The highest BCUT2D eigenvalue weighted by molar-refractivity contribution is 14.1. The van der Waals surface area contributed by atoms with E-state index in [2.05, 4.69) is 87.5 Å². The highest BCUT2D eigenvalue weighted by Gasteiger charge is 2.40. The molecule has 0 saturated heterocycles. The van der Waals surface area contributed by atoms with E-state index in [1.807, 2.05) is 24.3 Å². The highest BCUT2D eigenvalue weighted by Crippen LogP contribution is 2.44. The predicted molar refractivity (Wildman–Crippen MR) is 119 cm³/mol. The Labute approximate surface area is 175 Å². The number of rotatable bonds is 7. The molecule has 0 bridgehead atoms. The van der Waals surface area contributed by atoms with Gasteiger partial charge in [-0.2, -0.15) is 0 Å². The van der Waals surface area contributed by atoms with Crippen molar-refractivity contribution in [1.29, 1.82) is 0 Å². The van der Waals surface area contributed by atoms with E-state index in [9.17, 15) is 0 Å². The van der Waals surface area contributed by atoms with Crippen LogP contribution in [0.1, 0.15) is 23.6 Å². The van der Waals surface area contributed by atoms with Gasteiger partial charge in [0.1, 0.15) is 17.0 Å². The van der Waals surface area contributed by atoms with Crippen LogP contribution >= 0.6 is 22.9 Å². The largest absolute Gasteiger partial charge is 0.497 e. The molecule has 0 saturated carbocycles. The summed E-state index contributed by atoms with van der Waals surface area (Å²) >= 11 is 2.44. The zero-order valence-electron chi connectivity index (χ0n) is 15.9. The molecule has 0 heterocycles. The van der Waals surface area contributed by atoms with Gasteiger partial charge in [0.05, 0.1) is 14.2 Å². The molecule has 0 N–H and O–H groups in total. The number of hydrogen-bond acceptors (Lipinski definition) is 3. The van der Waals surface area contributed by atoms with E-state index in [0.29, 0.717) is 0 Å². The van der Waals surface area contributed by atoms with E-state index in [-0.39, 0.29) is 0 Å². The number of methoxy groups -OCH3 is 2. The molecule has 0 aliphatic heterocycles. The fraction of sp³-hybridized carbons (Fsp3) is 0.217. The lowest BCUT2D eigenvalue weighted by molar-refractivity contribution is 0.347. The molecule has 0 aliphatic rings. The number of benzene rings is 3. The molecule has 3 nitrogen and oxygen atoms in total. The van der Waals surface area contributed by atoms with Gasteiger partial charge in [-0.05, 0) is 41.0 Å². The van der Waals surface area contributed by atoms with Gasteiger partial charge in [0.15, 0.2) is 0 Å². The molecule has 3 rings (SSSR count). The van der Waals surface area contributed by atoms with Crippen LogP contribution in [0.3, 0.4) is 0 Å². The first kappa shape index (κ1) is 19.7. The normalized spacial score (nSPS) is 11.4. The Kier molecular flexibility index (Phi) is 6.39. The SMILES string of the molecule is CCN(I)C(c1ccccc1)(c1ccc(OC)cc1)c1ccc(OC)cc1. The third kappa shape index (κ3) is 3.69. The third-order valence-corrected chi connectivity index (χ3v) is 6.25. The Hall–Kier alpha value is -2.05. The monoisotopic (exact) mass is 473 g/mol. The number of hydrogen-bond donors (Lipinski definition) is 0. The maximum absolute atomic E-state index is 5.38. The van der Waals surface area contributed by atoms with E-state index < -0.39 is 5.54 Å². The minimum atomic E-state index is -0.422. The van der Waals surface area contributed by atoms with E-state index >= 15 is 0 Å². The Morgan fingerprint density at radius 3 is 1.48 bits per heavy atom. The van der Waals surface area contributed by atoms with Crippen LogP contribution in [-0.4, -0.2) is 23.9 Å². The summed E-state index contributed by atoms with van der Waals surface area (Å²) in [5.74, 6) is 1.71. The molecule has 0 spiro atoms. The summed E-state index contributed by atoms with van der Waals surface area (Å²) in [4.78, 5) is 0. The van der Waals surface area contributed by atoms with Crippen molar-refractivity contribution >= 4 is 22.9 Å². The van der Waals surface area contributed by atoms with Gasteiger partial charge in [-0.3, -0.25) is 0 Å². The molecule has 140 valence electrons. The minimum Gasteiger partial charge on any atom is -0.497 e. The summed E-state index contributed by atoms with van der Waals surface area (Å²) in [6.45, 7) is 3.06. The van der Waals surface area contributed by atoms with Crippen LogP contribution in [0.15, 0.2) is 78.9 Å². The summed E-state index contributed by atoms with van der Waals surface area (Å²) in [5, 5.41) is 0. The Bertz CT molecular complexity index is 800. The van der Waals surface area contributed by atoms with E-state index in [1.165, 1.54) is 16.7 Å². The zero-order chi connectivity index (χ0) is 19.3. The van der Waals surface area contributed by atoms with Gasteiger partial charge >= 0.3 is 0 Å². The maximum Gasteiger partial charge on any atom is 0.118 e. The molecule has 0 fully saturated rings. The maximum atomic E-state index is 5.38. The molecular weight excluding hydrogens is 449 g/mol. The predicted octanol–water partition coefficient (Wildman–Crippen LogP) is 5.67. The lowest BCUT2D eigenvalue weighted by Gasteiger charge is -2.42. The summed E-state index contributed by atoms with van der Waals surface area (Å²) in [6, 6.07) is 27.3. The Morgan fingerprint density at radius 1 is 0.704 bits per heavy atom. The van der Waals surface area contributed by atoms with Crippen LogP contribution < -0.4 is 9.47 Å². The fourth-order valence-corrected chi connectivity index (χ4v) is 4.34. The van der Waals surface area contributed by atoms with Crippen LogP contribution in [0, 0.1) is 0 Å². The minimum absolute atomic E-state index is 0.422. The summed E-state index contributed by atoms with van der Waals surface area (Å²) in [7, 11) is 3.39. The summed E-state index contributed by atoms with van der Waals surface area (Å²) in [6.07, 6.45) is 0. The van der Waals surface area contributed by atoms with Crippen molar-refractivity contribution in [3.05, 3.63) is 95.6 Å². The molecule has 4 heteroatoms. The third-order valence-electron chi connectivity index (χ3n) is 4.85. The van der Waals surface area contributed by atoms with Gasteiger partial charge in [0.25, 0.3) is 0 Å². The lowest BCUT2D eigenvalue weighted by atomic mass is 9.77. The second-order valence-electron chi connectivity index (χ2n) is 6.21. The Balaban J connectivity index is 2.30. The van der Waals surface area contributed by atoms with Crippen LogP contribution in [0.2, 0.25) is 0 Å². The molecular formula is C23H24INO2. The molecule has 0 aromatic heterocycles. The number of halogens is 1. The summed E-state index contributed by atoms with van der Waals surface area (Å²) < 4.78 is 13.1. The number of nitrogens with zero attached hydrogens (tertiary/aromatic N) is 1. The van der Waals surface area contributed by atoms with Crippen molar-refractivity contribution in [2.24, 2.45) is 0 Å². The molecule has 0 unspecified atom stereocenters. The average molecular weight is 473 g/mol. The highest BCUT2D eigenvalue weighted by atomic mass is 127. The van der Waals surface area contributed by atoms with Crippen molar-refractivity contribution in [3.63, 3.8) is 0 Å². The average Bonchev–Trinajstić information content (AvgIpc) is 2.75. The van der Waals surface area contributed by atoms with Crippen molar-refractivity contribution in [3.8, 4) is 11.5 Å². The first-order valence-electron chi connectivity index (χ1n) is 8.94. The lowest BCUT2D eigenvalue weighted by Crippen LogP contribution is -2.42. The van der Waals surface area contributed by atoms with Crippen molar-refractivity contribution < 1.29 is 9.47 Å². The molecule has 3 aromatic carbocycles. The molecule has 0 atom stereocenters. The second-order valence-corrected chi connectivity index (χ2v) is 7.38. The molecule has 27 heavy (non-hydrogen) atoms. The van der Waals surface area contributed by atoms with Gasteiger partial charge in [0, 0.05) is 29.4 Å². The quantitative estimate of drug-likeness (QED) is 0.251. The van der Waals surface area contributed by atoms with Crippen LogP contribution in [-0.2, 0) is 5.54 Å². The van der Waals surface area contributed by atoms with E-state index in [4.69, 9.17) is 9.47 Å². The molecule has 0 radical (unpaired) electrons. The van der Waals surface area contributed by atoms with Gasteiger partial charge in [-0.1, -0.05) is 61.5 Å². The molecule has 0 amide bonds. The first-order valence-corrected chi connectivity index (χ1v) is 9.91. The van der Waals surface area contributed by atoms with Gasteiger partial charge in [-0.25, -0.2) is 3.11 Å². The van der Waals surface area contributed by atoms with Gasteiger partial charge < -0.3 is 9.47 Å². The summed E-state index contributed by atoms with van der Waals surface area (Å²) in [5.41, 5.74) is 3.18. The smallest absolute Gasteiger partial charge is 0.118 e. The van der Waals surface area contributed by atoms with Crippen LogP contribution in [0.5, 0.6) is 11.5 Å². The zero-order valence-corrected chi connectivity index (χ0v) is 18.0. The number of ether oxygens (including phenoxy) is 2. The molecule has 0 aliphatic carbocycles. The Morgan fingerprint density at radius 2 is 1.11 bits per heavy atom.